The second-order valence-corrected chi connectivity index (χ2v) is 5.01. The second-order valence-electron chi connectivity index (χ2n) is 4.11. The predicted molar refractivity (Wildman–Crippen MR) is 68.6 cm³/mol. The van der Waals surface area contributed by atoms with E-state index in [1.54, 1.807) is 13.8 Å². The van der Waals surface area contributed by atoms with Gasteiger partial charge in [0, 0.05) is 18.1 Å². The number of unbranched alkanes of at least 4 members (excludes halogenated alkanes) is 1. The van der Waals surface area contributed by atoms with Crippen molar-refractivity contribution in [2.75, 3.05) is 0 Å². The molecule has 0 spiro atoms. The highest BCUT2D eigenvalue weighted by atomic mass is 32.1. The minimum absolute atomic E-state index is 0.242. The summed E-state index contributed by atoms with van der Waals surface area (Å²) in [6.07, 6.45) is 1.75. The maximum atomic E-state index is 12.2. The maximum Gasteiger partial charge on any atom is 0.346 e. The van der Waals surface area contributed by atoms with Gasteiger partial charge in [0.05, 0.1) is 0 Å². The molecule has 0 aliphatic rings. The van der Waals surface area contributed by atoms with E-state index in [0.717, 1.165) is 24.4 Å². The normalized spacial score (nSPS) is 11.1. The Kier molecular flexibility index (Phi) is 3.51. The highest BCUT2D eigenvalue weighted by molar-refractivity contribution is 7.03. The van der Waals surface area contributed by atoms with E-state index in [4.69, 9.17) is 4.52 Å². The second kappa shape index (κ2) is 4.93. The summed E-state index contributed by atoms with van der Waals surface area (Å²) in [6.45, 7) is 5.95. The standard InChI is InChI=1S/C11H15N3O3S/c1-4-5-6-13-10(15)14(18-11(13)16)9-7(2)12-17-8(9)3/h4-6H2,1-3H3. The van der Waals surface area contributed by atoms with Gasteiger partial charge in [-0.1, -0.05) is 18.5 Å². The Bertz CT molecular complexity index is 642. The van der Waals surface area contributed by atoms with E-state index >= 15 is 0 Å². The molecule has 0 bridgehead atoms. The lowest BCUT2D eigenvalue weighted by Gasteiger charge is -1.98. The molecule has 0 radical (unpaired) electrons. The van der Waals surface area contributed by atoms with Crippen molar-refractivity contribution in [3.05, 3.63) is 31.6 Å². The fourth-order valence-electron chi connectivity index (χ4n) is 1.77. The van der Waals surface area contributed by atoms with Gasteiger partial charge in [0.15, 0.2) is 5.76 Å². The van der Waals surface area contributed by atoms with Crippen molar-refractivity contribution in [3.63, 3.8) is 0 Å². The van der Waals surface area contributed by atoms with Crippen LogP contribution in [-0.4, -0.2) is 13.7 Å². The zero-order valence-corrected chi connectivity index (χ0v) is 11.4. The van der Waals surface area contributed by atoms with Crippen LogP contribution < -0.4 is 10.6 Å². The molecule has 2 aromatic rings. The molecule has 0 saturated heterocycles. The predicted octanol–water partition coefficient (Wildman–Crippen LogP) is 1.47. The number of nitrogens with zero attached hydrogens (tertiary/aromatic N) is 3. The number of aromatic nitrogens is 3. The molecule has 0 unspecified atom stereocenters. The average molecular weight is 269 g/mol. The Morgan fingerprint density at radius 3 is 2.61 bits per heavy atom. The summed E-state index contributed by atoms with van der Waals surface area (Å²) in [6, 6.07) is 0. The third kappa shape index (κ3) is 2.05. The molecule has 0 amide bonds. The number of aryl methyl sites for hydroxylation is 2. The van der Waals surface area contributed by atoms with Gasteiger partial charge in [-0.3, -0.25) is 4.79 Å². The topological polar surface area (TPSA) is 70.0 Å². The minimum Gasteiger partial charge on any atom is -0.359 e. The molecule has 98 valence electrons. The highest BCUT2D eigenvalue weighted by Gasteiger charge is 2.18. The molecule has 0 aliphatic carbocycles. The molecule has 18 heavy (non-hydrogen) atoms. The van der Waals surface area contributed by atoms with Crippen LogP contribution in [0, 0.1) is 13.8 Å². The smallest absolute Gasteiger partial charge is 0.346 e. The summed E-state index contributed by atoms with van der Waals surface area (Å²) in [5, 5.41) is 3.80. The maximum absolute atomic E-state index is 12.2. The van der Waals surface area contributed by atoms with Gasteiger partial charge >= 0.3 is 10.6 Å². The molecule has 2 aromatic heterocycles. The van der Waals surface area contributed by atoms with Crippen molar-refractivity contribution >= 4 is 11.5 Å². The Balaban J connectivity index is 2.55. The van der Waals surface area contributed by atoms with Crippen LogP contribution in [0.15, 0.2) is 14.1 Å². The van der Waals surface area contributed by atoms with E-state index < -0.39 is 0 Å². The third-order valence-corrected chi connectivity index (χ3v) is 3.63. The lowest BCUT2D eigenvalue weighted by molar-refractivity contribution is 0.393. The van der Waals surface area contributed by atoms with Crippen LogP contribution in [0.5, 0.6) is 0 Å². The fraction of sp³-hybridized carbons (Fsp3) is 0.545. The molecular weight excluding hydrogens is 254 g/mol. The first-order valence-corrected chi connectivity index (χ1v) is 6.60. The van der Waals surface area contributed by atoms with E-state index in [0.29, 0.717) is 23.7 Å². The van der Waals surface area contributed by atoms with Crippen LogP contribution in [0.4, 0.5) is 0 Å². The summed E-state index contributed by atoms with van der Waals surface area (Å²) in [7, 11) is 0. The summed E-state index contributed by atoms with van der Waals surface area (Å²) < 4.78 is 7.64. The summed E-state index contributed by atoms with van der Waals surface area (Å²) in [5.74, 6) is 0.540. The number of rotatable bonds is 4. The first-order chi connectivity index (χ1) is 8.56. The van der Waals surface area contributed by atoms with E-state index in [2.05, 4.69) is 5.16 Å². The molecule has 6 nitrogen and oxygen atoms in total. The van der Waals surface area contributed by atoms with Crippen molar-refractivity contribution in [3.8, 4) is 5.69 Å². The van der Waals surface area contributed by atoms with E-state index in [-0.39, 0.29) is 10.6 Å². The quantitative estimate of drug-likeness (QED) is 0.842. The zero-order valence-electron chi connectivity index (χ0n) is 10.6. The van der Waals surface area contributed by atoms with Crippen LogP contribution in [0.25, 0.3) is 5.69 Å². The first-order valence-electron chi connectivity index (χ1n) is 5.82. The number of hydrogen-bond donors (Lipinski definition) is 0. The van der Waals surface area contributed by atoms with Crippen LogP contribution in [0.3, 0.4) is 0 Å². The van der Waals surface area contributed by atoms with Gasteiger partial charge in [-0.25, -0.2) is 13.3 Å². The monoisotopic (exact) mass is 269 g/mol. The SMILES string of the molecule is CCCCn1c(=O)sn(-c2c(C)noc2C)c1=O. The van der Waals surface area contributed by atoms with Crippen LogP contribution in [0.2, 0.25) is 0 Å². The van der Waals surface area contributed by atoms with Gasteiger partial charge in [0.25, 0.3) is 0 Å². The molecule has 0 atom stereocenters. The van der Waals surface area contributed by atoms with Gasteiger partial charge in [0.2, 0.25) is 0 Å². The third-order valence-electron chi connectivity index (χ3n) is 2.73. The lowest BCUT2D eigenvalue weighted by Crippen LogP contribution is -2.28. The molecular formula is C11H15N3O3S. The van der Waals surface area contributed by atoms with Crippen molar-refractivity contribution in [1.82, 2.24) is 13.7 Å². The lowest BCUT2D eigenvalue weighted by atomic mass is 10.3. The molecule has 0 saturated carbocycles. The van der Waals surface area contributed by atoms with Crippen molar-refractivity contribution < 1.29 is 4.52 Å². The van der Waals surface area contributed by atoms with Crippen LogP contribution in [-0.2, 0) is 6.54 Å². The largest absolute Gasteiger partial charge is 0.359 e. The minimum atomic E-state index is -0.312. The fourth-order valence-corrected chi connectivity index (χ4v) is 2.72. The molecule has 0 fully saturated rings. The Labute approximate surface area is 108 Å². The van der Waals surface area contributed by atoms with Gasteiger partial charge < -0.3 is 4.52 Å². The molecule has 2 rings (SSSR count). The highest BCUT2D eigenvalue weighted by Crippen LogP contribution is 2.16. The summed E-state index contributed by atoms with van der Waals surface area (Å²) >= 11 is 0.889. The molecule has 7 heteroatoms. The molecule has 0 N–H and O–H groups in total. The molecule has 2 heterocycles. The van der Waals surface area contributed by atoms with E-state index in [9.17, 15) is 9.59 Å². The zero-order chi connectivity index (χ0) is 13.3. The van der Waals surface area contributed by atoms with Gasteiger partial charge in [-0.2, -0.15) is 0 Å². The summed E-state index contributed by atoms with van der Waals surface area (Å²) in [4.78, 5) is 23.7. The average Bonchev–Trinajstić information content (AvgIpc) is 2.79. The Hall–Kier alpha value is -1.63. The van der Waals surface area contributed by atoms with Crippen molar-refractivity contribution in [1.29, 1.82) is 0 Å². The molecule has 0 aromatic carbocycles. The van der Waals surface area contributed by atoms with Gasteiger partial charge in [-0.05, 0) is 20.3 Å². The van der Waals surface area contributed by atoms with Crippen LogP contribution >= 0.6 is 11.5 Å². The van der Waals surface area contributed by atoms with Crippen molar-refractivity contribution in [2.45, 2.75) is 40.2 Å². The Morgan fingerprint density at radius 2 is 2.06 bits per heavy atom. The van der Waals surface area contributed by atoms with Crippen molar-refractivity contribution in [2.24, 2.45) is 0 Å². The number of hydrogen-bond acceptors (Lipinski definition) is 5. The summed E-state index contributed by atoms with van der Waals surface area (Å²) in [5.41, 5.74) is 0.878. The first kappa shape index (κ1) is 12.8. The molecule has 0 aliphatic heterocycles. The van der Waals surface area contributed by atoms with E-state index in [1.807, 2.05) is 6.92 Å². The van der Waals surface area contributed by atoms with Gasteiger partial charge in [0.1, 0.15) is 11.4 Å². The van der Waals surface area contributed by atoms with Crippen LogP contribution in [0.1, 0.15) is 31.2 Å². The van der Waals surface area contributed by atoms with E-state index in [1.165, 1.54) is 8.52 Å². The van der Waals surface area contributed by atoms with Gasteiger partial charge in [-0.15, -0.1) is 0 Å². The Morgan fingerprint density at radius 1 is 1.33 bits per heavy atom.